The molecule has 176 valence electrons. The number of carbonyl (C=O) groups is 2. The number of amides is 2. The predicted molar refractivity (Wildman–Crippen MR) is 138 cm³/mol. The van der Waals surface area contributed by atoms with Crippen LogP contribution in [0.15, 0.2) is 102 Å². The van der Waals surface area contributed by atoms with Crippen LogP contribution in [0.25, 0.3) is 0 Å². The fourth-order valence-electron chi connectivity index (χ4n) is 4.25. The van der Waals surface area contributed by atoms with Crippen LogP contribution >= 0.6 is 11.8 Å². The number of nitrogens with zero attached hydrogens (tertiary/aromatic N) is 1. The van der Waals surface area contributed by atoms with Gasteiger partial charge in [0.25, 0.3) is 5.91 Å². The van der Waals surface area contributed by atoms with Crippen LogP contribution in [0.4, 0.5) is 0 Å². The van der Waals surface area contributed by atoms with Crippen LogP contribution < -0.4 is 5.32 Å². The summed E-state index contributed by atoms with van der Waals surface area (Å²) in [5.41, 5.74) is 4.79. The number of nitrogens with one attached hydrogen (secondary N) is 1. The molecule has 1 aromatic heterocycles. The molecule has 6 heteroatoms. The van der Waals surface area contributed by atoms with Gasteiger partial charge in [0.2, 0.25) is 5.91 Å². The summed E-state index contributed by atoms with van der Waals surface area (Å²) in [6.07, 6.45) is 1.62. The van der Waals surface area contributed by atoms with Crippen molar-refractivity contribution in [1.82, 2.24) is 10.2 Å². The zero-order valence-corrected chi connectivity index (χ0v) is 20.2. The van der Waals surface area contributed by atoms with Crippen LogP contribution in [0.1, 0.15) is 49.8 Å². The lowest BCUT2D eigenvalue weighted by Gasteiger charge is -2.23. The van der Waals surface area contributed by atoms with Crippen LogP contribution in [0.5, 0.6) is 0 Å². The summed E-state index contributed by atoms with van der Waals surface area (Å²) in [5, 5.41) is 3.10. The third-order valence-corrected chi connectivity index (χ3v) is 7.41. The second-order valence-corrected chi connectivity index (χ2v) is 9.68. The molecule has 1 aliphatic heterocycles. The summed E-state index contributed by atoms with van der Waals surface area (Å²) in [4.78, 5) is 27.5. The van der Waals surface area contributed by atoms with E-state index in [-0.39, 0.29) is 23.2 Å². The molecule has 2 amide bonds. The van der Waals surface area contributed by atoms with E-state index in [1.54, 1.807) is 18.0 Å². The lowest BCUT2D eigenvalue weighted by molar-refractivity contribution is -0.128. The molecule has 0 bridgehead atoms. The lowest BCUT2D eigenvalue weighted by Crippen LogP contribution is -2.29. The Morgan fingerprint density at radius 3 is 2.37 bits per heavy atom. The molecule has 35 heavy (non-hydrogen) atoms. The van der Waals surface area contributed by atoms with E-state index in [2.05, 4.69) is 29.6 Å². The monoisotopic (exact) mass is 482 g/mol. The number of aryl methyl sites for hydroxylation is 1. The molecule has 0 radical (unpaired) electrons. The smallest absolute Gasteiger partial charge is 0.252 e. The molecule has 3 aromatic carbocycles. The number of carbonyl (C=O) groups excluding carboxylic acids is 2. The molecule has 5 rings (SSSR count). The molecule has 0 spiro atoms. The summed E-state index contributed by atoms with van der Waals surface area (Å²) in [6, 6.07) is 29.2. The van der Waals surface area contributed by atoms with Crippen molar-refractivity contribution in [1.29, 1.82) is 0 Å². The highest BCUT2D eigenvalue weighted by atomic mass is 32.2. The van der Waals surface area contributed by atoms with E-state index >= 15 is 0 Å². The Bertz CT molecular complexity index is 1290. The summed E-state index contributed by atoms with van der Waals surface area (Å²) >= 11 is 1.59. The molecule has 2 atom stereocenters. The van der Waals surface area contributed by atoms with E-state index < -0.39 is 0 Å². The molecule has 1 fully saturated rings. The van der Waals surface area contributed by atoms with Crippen molar-refractivity contribution in [3.05, 3.63) is 131 Å². The first-order chi connectivity index (χ1) is 17.1. The molecular formula is C29H26N2O3S. The van der Waals surface area contributed by atoms with Gasteiger partial charge in [-0.1, -0.05) is 72.3 Å². The summed E-state index contributed by atoms with van der Waals surface area (Å²) in [7, 11) is 0. The Morgan fingerprint density at radius 2 is 1.69 bits per heavy atom. The largest absolute Gasteiger partial charge is 0.467 e. The minimum atomic E-state index is -0.254. The summed E-state index contributed by atoms with van der Waals surface area (Å²) in [6.45, 7) is 2.48. The Hall–Kier alpha value is -3.77. The van der Waals surface area contributed by atoms with E-state index in [4.69, 9.17) is 4.42 Å². The zero-order chi connectivity index (χ0) is 24.2. The van der Waals surface area contributed by atoms with E-state index in [0.29, 0.717) is 17.9 Å². The molecular weight excluding hydrogens is 456 g/mol. The van der Waals surface area contributed by atoms with Gasteiger partial charge in [-0.3, -0.25) is 9.59 Å². The van der Waals surface area contributed by atoms with Crippen molar-refractivity contribution in [3.8, 4) is 0 Å². The predicted octanol–water partition coefficient (Wildman–Crippen LogP) is 5.88. The van der Waals surface area contributed by atoms with Crippen molar-refractivity contribution in [2.24, 2.45) is 0 Å². The quantitative estimate of drug-likeness (QED) is 0.357. The van der Waals surface area contributed by atoms with Gasteiger partial charge in [0.05, 0.1) is 24.6 Å². The molecule has 1 N–H and O–H groups in total. The van der Waals surface area contributed by atoms with Gasteiger partial charge >= 0.3 is 0 Å². The minimum absolute atomic E-state index is 0.0852. The zero-order valence-electron chi connectivity index (χ0n) is 19.4. The van der Waals surface area contributed by atoms with Crippen molar-refractivity contribution in [2.75, 3.05) is 5.75 Å². The molecule has 0 aliphatic carbocycles. The molecule has 1 saturated heterocycles. The summed E-state index contributed by atoms with van der Waals surface area (Å²) in [5.74, 6) is 1.13. The Balaban J connectivity index is 1.34. The normalized spacial score (nSPS) is 16.3. The third kappa shape index (κ3) is 5.17. The Kier molecular flexibility index (Phi) is 6.73. The Morgan fingerprint density at radius 1 is 0.971 bits per heavy atom. The van der Waals surface area contributed by atoms with Gasteiger partial charge < -0.3 is 14.6 Å². The molecule has 1 aliphatic rings. The number of furan rings is 1. The van der Waals surface area contributed by atoms with Crippen molar-refractivity contribution in [2.45, 2.75) is 24.9 Å². The van der Waals surface area contributed by atoms with E-state index in [9.17, 15) is 9.59 Å². The SMILES string of the molecule is Cc1ccc([C@@H](NC(=O)c2ccc([C@@H]3SCC(=O)N3Cc3ccco3)cc2)c2ccccc2)cc1. The minimum Gasteiger partial charge on any atom is -0.467 e. The first-order valence-corrected chi connectivity index (χ1v) is 12.6. The molecule has 5 nitrogen and oxygen atoms in total. The molecule has 0 saturated carbocycles. The van der Waals surface area contributed by atoms with E-state index in [0.717, 1.165) is 22.5 Å². The number of hydrogen-bond acceptors (Lipinski definition) is 4. The van der Waals surface area contributed by atoms with Crippen LogP contribution in [0, 0.1) is 6.92 Å². The highest BCUT2D eigenvalue weighted by molar-refractivity contribution is 8.00. The third-order valence-electron chi connectivity index (χ3n) is 6.15. The average Bonchev–Trinajstić information content (AvgIpc) is 3.54. The van der Waals surface area contributed by atoms with Crippen LogP contribution in [-0.2, 0) is 11.3 Å². The van der Waals surface area contributed by atoms with Gasteiger partial charge in [0, 0.05) is 5.56 Å². The van der Waals surface area contributed by atoms with Crippen molar-refractivity contribution in [3.63, 3.8) is 0 Å². The maximum absolute atomic E-state index is 13.2. The van der Waals surface area contributed by atoms with Gasteiger partial charge in [-0.05, 0) is 47.9 Å². The lowest BCUT2D eigenvalue weighted by atomic mass is 9.97. The van der Waals surface area contributed by atoms with Crippen LogP contribution in [-0.4, -0.2) is 22.5 Å². The van der Waals surface area contributed by atoms with Crippen molar-refractivity contribution < 1.29 is 14.0 Å². The highest BCUT2D eigenvalue weighted by Gasteiger charge is 2.33. The fraction of sp³-hybridized carbons (Fsp3) is 0.172. The van der Waals surface area contributed by atoms with Gasteiger partial charge in [0.15, 0.2) is 0 Å². The second-order valence-electron chi connectivity index (χ2n) is 8.61. The number of hydrogen-bond donors (Lipinski definition) is 1. The van der Waals surface area contributed by atoms with Crippen molar-refractivity contribution >= 4 is 23.6 Å². The van der Waals surface area contributed by atoms with Crippen LogP contribution in [0.2, 0.25) is 0 Å². The standard InChI is InChI=1S/C29H26N2O3S/c1-20-9-11-22(12-10-20)27(21-6-3-2-4-7-21)30-28(33)23-13-15-24(16-14-23)29-31(26(32)19-35-29)18-25-8-5-17-34-25/h2-17,27,29H,18-19H2,1H3,(H,30,33)/t27-,29-/m0/s1. The number of benzene rings is 3. The van der Waals surface area contributed by atoms with E-state index in [1.807, 2.05) is 78.6 Å². The molecule has 2 heterocycles. The van der Waals surface area contributed by atoms with Gasteiger partial charge in [-0.15, -0.1) is 11.8 Å². The van der Waals surface area contributed by atoms with Crippen LogP contribution in [0.3, 0.4) is 0 Å². The maximum Gasteiger partial charge on any atom is 0.252 e. The molecule has 0 unspecified atom stereocenters. The topological polar surface area (TPSA) is 62.6 Å². The number of thioether (sulfide) groups is 1. The first-order valence-electron chi connectivity index (χ1n) is 11.5. The summed E-state index contributed by atoms with van der Waals surface area (Å²) < 4.78 is 5.44. The highest BCUT2D eigenvalue weighted by Crippen LogP contribution is 2.39. The molecule has 4 aromatic rings. The Labute approximate surface area is 209 Å². The number of rotatable bonds is 7. The average molecular weight is 483 g/mol. The van der Waals surface area contributed by atoms with Gasteiger partial charge in [-0.2, -0.15) is 0 Å². The fourth-order valence-corrected chi connectivity index (χ4v) is 5.44. The van der Waals surface area contributed by atoms with Gasteiger partial charge in [0.1, 0.15) is 11.1 Å². The van der Waals surface area contributed by atoms with E-state index in [1.165, 1.54) is 5.56 Å². The van der Waals surface area contributed by atoms with Gasteiger partial charge in [-0.25, -0.2) is 0 Å². The second kappa shape index (κ2) is 10.2. The maximum atomic E-state index is 13.2. The first kappa shape index (κ1) is 23.0.